The second-order valence-corrected chi connectivity index (χ2v) is 2.02. The summed E-state index contributed by atoms with van der Waals surface area (Å²) in [6.07, 6.45) is 1.55. The van der Waals surface area contributed by atoms with Gasteiger partial charge < -0.3 is 10.6 Å². The third kappa shape index (κ3) is 1.70. The number of hydrogen-bond acceptors (Lipinski definition) is 3. The Morgan fingerprint density at radius 3 is 2.82 bits per heavy atom. The first-order valence-electron chi connectivity index (χ1n) is 3.24. The van der Waals surface area contributed by atoms with Crippen molar-refractivity contribution in [1.29, 1.82) is 0 Å². The van der Waals surface area contributed by atoms with Crippen molar-refractivity contribution in [2.75, 3.05) is 7.11 Å². The Labute approximate surface area is 65.5 Å². The van der Waals surface area contributed by atoms with Gasteiger partial charge in [-0.15, -0.1) is 0 Å². The van der Waals surface area contributed by atoms with Crippen molar-refractivity contribution in [1.82, 2.24) is 0 Å². The molecule has 0 unspecified atom stereocenters. The van der Waals surface area contributed by atoms with Gasteiger partial charge >= 0.3 is 0 Å². The lowest BCUT2D eigenvalue weighted by atomic mass is 10.2. The first-order valence-corrected chi connectivity index (χ1v) is 3.24. The number of benzene rings is 1. The van der Waals surface area contributed by atoms with E-state index in [2.05, 4.69) is 5.10 Å². The van der Waals surface area contributed by atoms with Gasteiger partial charge in [0.15, 0.2) is 0 Å². The van der Waals surface area contributed by atoms with Gasteiger partial charge in [-0.3, -0.25) is 0 Å². The number of para-hydroxylation sites is 1. The number of methoxy groups -OCH3 is 1. The first-order chi connectivity index (χ1) is 5.38. The van der Waals surface area contributed by atoms with Crippen molar-refractivity contribution in [3.05, 3.63) is 29.8 Å². The van der Waals surface area contributed by atoms with E-state index in [1.807, 2.05) is 24.3 Å². The molecule has 3 heteroatoms. The summed E-state index contributed by atoms with van der Waals surface area (Å²) in [4.78, 5) is 0. The average Bonchev–Trinajstić information content (AvgIpc) is 2.06. The van der Waals surface area contributed by atoms with Gasteiger partial charge in [-0.25, -0.2) is 0 Å². The molecule has 0 aliphatic carbocycles. The van der Waals surface area contributed by atoms with E-state index in [0.29, 0.717) is 0 Å². The van der Waals surface area contributed by atoms with Crippen LogP contribution < -0.4 is 10.6 Å². The van der Waals surface area contributed by atoms with Crippen LogP contribution in [0.3, 0.4) is 0 Å². The summed E-state index contributed by atoms with van der Waals surface area (Å²) >= 11 is 0. The fourth-order valence-corrected chi connectivity index (χ4v) is 0.853. The van der Waals surface area contributed by atoms with Gasteiger partial charge in [0.25, 0.3) is 0 Å². The molecule has 1 aromatic carbocycles. The van der Waals surface area contributed by atoms with Crippen LogP contribution in [0, 0.1) is 0 Å². The quantitative estimate of drug-likeness (QED) is 0.388. The summed E-state index contributed by atoms with van der Waals surface area (Å²) < 4.78 is 5.05. The number of rotatable bonds is 2. The minimum atomic E-state index is 0.779. The van der Waals surface area contributed by atoms with E-state index >= 15 is 0 Å². The fourth-order valence-electron chi connectivity index (χ4n) is 0.853. The molecule has 1 rings (SSSR count). The van der Waals surface area contributed by atoms with E-state index in [0.717, 1.165) is 11.3 Å². The molecule has 0 fully saturated rings. The van der Waals surface area contributed by atoms with Crippen LogP contribution in [0.1, 0.15) is 5.56 Å². The number of hydrogen-bond donors (Lipinski definition) is 1. The summed E-state index contributed by atoms with van der Waals surface area (Å²) in [7, 11) is 1.61. The molecule has 2 N–H and O–H groups in total. The molecule has 0 aromatic heterocycles. The van der Waals surface area contributed by atoms with Gasteiger partial charge in [-0.1, -0.05) is 12.1 Å². The number of nitrogens with zero attached hydrogens (tertiary/aromatic N) is 1. The highest BCUT2D eigenvalue weighted by atomic mass is 16.5. The van der Waals surface area contributed by atoms with Crippen LogP contribution >= 0.6 is 0 Å². The lowest BCUT2D eigenvalue weighted by molar-refractivity contribution is 0.414. The molecule has 0 saturated heterocycles. The van der Waals surface area contributed by atoms with Gasteiger partial charge in [-0.05, 0) is 12.1 Å². The van der Waals surface area contributed by atoms with E-state index in [1.54, 1.807) is 13.3 Å². The lowest BCUT2D eigenvalue weighted by Gasteiger charge is -2.01. The highest BCUT2D eigenvalue weighted by Crippen LogP contribution is 2.14. The van der Waals surface area contributed by atoms with Crippen molar-refractivity contribution in [2.45, 2.75) is 0 Å². The SMILES string of the molecule is COc1ccccc1C=NN. The molecule has 0 saturated carbocycles. The van der Waals surface area contributed by atoms with Gasteiger partial charge in [0.05, 0.1) is 13.3 Å². The van der Waals surface area contributed by atoms with Gasteiger partial charge in [0.2, 0.25) is 0 Å². The first kappa shape index (κ1) is 7.60. The smallest absolute Gasteiger partial charge is 0.127 e. The molecule has 0 heterocycles. The normalized spacial score (nSPS) is 10.3. The monoisotopic (exact) mass is 150 g/mol. The third-order valence-corrected chi connectivity index (χ3v) is 1.35. The van der Waals surface area contributed by atoms with Crippen molar-refractivity contribution < 1.29 is 4.74 Å². The predicted molar refractivity (Wildman–Crippen MR) is 44.8 cm³/mol. The highest BCUT2D eigenvalue weighted by molar-refractivity contribution is 5.83. The molecule has 11 heavy (non-hydrogen) atoms. The zero-order chi connectivity index (χ0) is 8.10. The van der Waals surface area contributed by atoms with Crippen molar-refractivity contribution in [3.63, 3.8) is 0 Å². The van der Waals surface area contributed by atoms with Crippen molar-refractivity contribution in [3.8, 4) is 5.75 Å². The van der Waals surface area contributed by atoms with Crippen LogP contribution in [0.2, 0.25) is 0 Å². The fraction of sp³-hybridized carbons (Fsp3) is 0.125. The van der Waals surface area contributed by atoms with Crippen molar-refractivity contribution >= 4 is 6.21 Å². The maximum Gasteiger partial charge on any atom is 0.127 e. The summed E-state index contributed by atoms with van der Waals surface area (Å²) in [6, 6.07) is 7.54. The third-order valence-electron chi connectivity index (χ3n) is 1.35. The number of ether oxygens (including phenoxy) is 1. The molecule has 0 radical (unpaired) electrons. The Kier molecular flexibility index (Phi) is 2.49. The van der Waals surface area contributed by atoms with Crippen LogP contribution in [0.4, 0.5) is 0 Å². The Morgan fingerprint density at radius 1 is 1.45 bits per heavy atom. The van der Waals surface area contributed by atoms with Crippen molar-refractivity contribution in [2.24, 2.45) is 10.9 Å². The molecule has 0 spiro atoms. The molecular weight excluding hydrogens is 140 g/mol. The van der Waals surface area contributed by atoms with E-state index < -0.39 is 0 Å². The van der Waals surface area contributed by atoms with Gasteiger partial charge in [0, 0.05) is 5.56 Å². The topological polar surface area (TPSA) is 47.6 Å². The minimum absolute atomic E-state index is 0.779. The van der Waals surface area contributed by atoms with Gasteiger partial charge in [0.1, 0.15) is 5.75 Å². The molecule has 0 amide bonds. The molecule has 0 atom stereocenters. The Balaban J connectivity index is 3.02. The van der Waals surface area contributed by atoms with Crippen LogP contribution in [-0.4, -0.2) is 13.3 Å². The second kappa shape index (κ2) is 3.61. The van der Waals surface area contributed by atoms with E-state index in [-0.39, 0.29) is 0 Å². The van der Waals surface area contributed by atoms with E-state index in [9.17, 15) is 0 Å². The highest BCUT2D eigenvalue weighted by Gasteiger charge is 1.95. The van der Waals surface area contributed by atoms with Gasteiger partial charge in [-0.2, -0.15) is 5.10 Å². The van der Waals surface area contributed by atoms with Crippen LogP contribution in [-0.2, 0) is 0 Å². The lowest BCUT2D eigenvalue weighted by Crippen LogP contribution is -1.91. The summed E-state index contributed by atoms with van der Waals surface area (Å²) in [5, 5.41) is 3.41. The minimum Gasteiger partial charge on any atom is -0.496 e. The molecular formula is C8H10N2O. The molecule has 0 aliphatic rings. The molecule has 0 bridgehead atoms. The molecule has 0 aliphatic heterocycles. The Morgan fingerprint density at radius 2 is 2.18 bits per heavy atom. The van der Waals surface area contributed by atoms with Crippen LogP contribution in [0.25, 0.3) is 0 Å². The maximum atomic E-state index is 5.05. The molecule has 3 nitrogen and oxygen atoms in total. The summed E-state index contributed by atoms with van der Waals surface area (Å²) in [5.74, 6) is 5.78. The Bertz CT molecular complexity index is 258. The maximum absolute atomic E-state index is 5.05. The Hall–Kier alpha value is -1.51. The van der Waals surface area contributed by atoms with Crippen LogP contribution in [0.15, 0.2) is 29.4 Å². The van der Waals surface area contributed by atoms with Crippen LogP contribution in [0.5, 0.6) is 5.75 Å². The standard InChI is InChI=1S/C8H10N2O/c1-11-8-5-3-2-4-7(8)6-10-9/h2-6H,9H2,1H3. The van der Waals surface area contributed by atoms with E-state index in [4.69, 9.17) is 10.6 Å². The number of nitrogens with two attached hydrogens (primary N) is 1. The molecule has 58 valence electrons. The second-order valence-electron chi connectivity index (χ2n) is 2.02. The zero-order valence-electron chi connectivity index (χ0n) is 6.32. The largest absolute Gasteiger partial charge is 0.496 e. The summed E-state index contributed by atoms with van der Waals surface area (Å²) in [6.45, 7) is 0. The summed E-state index contributed by atoms with van der Waals surface area (Å²) in [5.41, 5.74) is 0.887. The zero-order valence-corrected chi connectivity index (χ0v) is 6.32. The predicted octanol–water partition coefficient (Wildman–Crippen LogP) is 0.988. The van der Waals surface area contributed by atoms with E-state index in [1.165, 1.54) is 0 Å². The average molecular weight is 150 g/mol. The number of hydrazone groups is 1. The molecule has 1 aromatic rings.